The molecular weight excluding hydrogens is 258 g/mol. The molecular formula is C13H19N5O2. The Balaban J connectivity index is 1.44. The average Bonchev–Trinajstić information content (AvgIpc) is 3.06. The average molecular weight is 277 g/mol. The maximum atomic E-state index is 12.0. The van der Waals surface area contributed by atoms with Crippen LogP contribution in [0.1, 0.15) is 18.4 Å². The SMILES string of the molecule is Cn1cc(CCNC(=O)N2CC(=O)N(C3CC3)C2)cn1. The molecule has 2 aliphatic rings. The van der Waals surface area contributed by atoms with E-state index in [1.165, 1.54) is 0 Å². The van der Waals surface area contributed by atoms with Gasteiger partial charge in [0.15, 0.2) is 0 Å². The molecule has 108 valence electrons. The molecule has 1 N–H and O–H groups in total. The maximum absolute atomic E-state index is 12.0. The molecule has 2 fully saturated rings. The normalized spacial score (nSPS) is 18.8. The van der Waals surface area contributed by atoms with Crippen molar-refractivity contribution in [1.82, 2.24) is 24.9 Å². The smallest absolute Gasteiger partial charge is 0.319 e. The van der Waals surface area contributed by atoms with Crippen LogP contribution in [0.15, 0.2) is 12.4 Å². The highest BCUT2D eigenvalue weighted by molar-refractivity contribution is 5.87. The summed E-state index contributed by atoms with van der Waals surface area (Å²) in [7, 11) is 1.87. The van der Waals surface area contributed by atoms with Crippen molar-refractivity contribution in [1.29, 1.82) is 0 Å². The van der Waals surface area contributed by atoms with E-state index in [4.69, 9.17) is 0 Å². The molecule has 3 rings (SSSR count). The van der Waals surface area contributed by atoms with Gasteiger partial charge >= 0.3 is 6.03 Å². The van der Waals surface area contributed by atoms with E-state index in [0.29, 0.717) is 19.3 Å². The summed E-state index contributed by atoms with van der Waals surface area (Å²) in [5.41, 5.74) is 1.09. The van der Waals surface area contributed by atoms with Crippen LogP contribution in [0.25, 0.3) is 0 Å². The van der Waals surface area contributed by atoms with E-state index in [1.807, 2.05) is 13.2 Å². The van der Waals surface area contributed by atoms with Crippen LogP contribution in [0.3, 0.4) is 0 Å². The van der Waals surface area contributed by atoms with Crippen LogP contribution in [-0.2, 0) is 18.3 Å². The monoisotopic (exact) mass is 277 g/mol. The lowest BCUT2D eigenvalue weighted by Crippen LogP contribution is -2.40. The highest BCUT2D eigenvalue weighted by atomic mass is 16.2. The fourth-order valence-electron chi connectivity index (χ4n) is 2.43. The van der Waals surface area contributed by atoms with E-state index in [0.717, 1.165) is 24.8 Å². The minimum absolute atomic E-state index is 0.0647. The summed E-state index contributed by atoms with van der Waals surface area (Å²) in [6.45, 7) is 1.19. The zero-order valence-corrected chi connectivity index (χ0v) is 11.6. The number of aromatic nitrogens is 2. The van der Waals surface area contributed by atoms with E-state index in [-0.39, 0.29) is 18.5 Å². The van der Waals surface area contributed by atoms with Gasteiger partial charge in [0.1, 0.15) is 6.54 Å². The first-order valence-corrected chi connectivity index (χ1v) is 6.93. The Kier molecular flexibility index (Phi) is 3.33. The Bertz CT molecular complexity index is 523. The van der Waals surface area contributed by atoms with Crippen LogP contribution < -0.4 is 5.32 Å². The van der Waals surface area contributed by atoms with Crippen LogP contribution in [0.2, 0.25) is 0 Å². The van der Waals surface area contributed by atoms with Gasteiger partial charge in [0.05, 0.1) is 12.9 Å². The number of hydrogen-bond acceptors (Lipinski definition) is 3. The quantitative estimate of drug-likeness (QED) is 0.838. The Labute approximate surface area is 117 Å². The molecule has 0 radical (unpaired) electrons. The van der Waals surface area contributed by atoms with Gasteiger partial charge in [-0.1, -0.05) is 0 Å². The van der Waals surface area contributed by atoms with Crippen molar-refractivity contribution in [3.63, 3.8) is 0 Å². The number of nitrogens with one attached hydrogen (secondary N) is 1. The Morgan fingerprint density at radius 2 is 2.30 bits per heavy atom. The molecule has 0 unspecified atom stereocenters. The predicted octanol–water partition coefficient (Wildman–Crippen LogP) is -0.0637. The lowest BCUT2D eigenvalue weighted by atomic mass is 10.2. The number of aryl methyl sites for hydroxylation is 1. The van der Waals surface area contributed by atoms with Gasteiger partial charge < -0.3 is 10.2 Å². The number of amides is 3. The lowest BCUT2D eigenvalue weighted by Gasteiger charge is -2.18. The largest absolute Gasteiger partial charge is 0.338 e. The molecule has 3 amide bonds. The van der Waals surface area contributed by atoms with Gasteiger partial charge in [0.25, 0.3) is 0 Å². The molecule has 1 saturated carbocycles. The molecule has 20 heavy (non-hydrogen) atoms. The molecule has 2 heterocycles. The van der Waals surface area contributed by atoms with Crippen LogP contribution in [0.4, 0.5) is 4.79 Å². The summed E-state index contributed by atoms with van der Waals surface area (Å²) in [5, 5.41) is 6.93. The molecule has 1 saturated heterocycles. The minimum Gasteiger partial charge on any atom is -0.338 e. The summed E-state index contributed by atoms with van der Waals surface area (Å²) < 4.78 is 1.74. The number of rotatable bonds is 4. The Morgan fingerprint density at radius 3 is 2.95 bits per heavy atom. The fraction of sp³-hybridized carbons (Fsp3) is 0.615. The molecule has 1 aromatic heterocycles. The summed E-state index contributed by atoms with van der Waals surface area (Å²) >= 11 is 0. The molecule has 1 aliphatic carbocycles. The number of urea groups is 1. The number of nitrogens with zero attached hydrogens (tertiary/aromatic N) is 4. The van der Waals surface area contributed by atoms with E-state index in [9.17, 15) is 9.59 Å². The molecule has 7 nitrogen and oxygen atoms in total. The van der Waals surface area contributed by atoms with Gasteiger partial charge in [0.2, 0.25) is 5.91 Å². The second-order valence-corrected chi connectivity index (χ2v) is 5.44. The van der Waals surface area contributed by atoms with Crippen molar-refractivity contribution in [2.75, 3.05) is 19.8 Å². The van der Waals surface area contributed by atoms with Crippen LogP contribution >= 0.6 is 0 Å². The Morgan fingerprint density at radius 1 is 1.50 bits per heavy atom. The molecule has 0 spiro atoms. The van der Waals surface area contributed by atoms with E-state index >= 15 is 0 Å². The van der Waals surface area contributed by atoms with Gasteiger partial charge in [-0.3, -0.25) is 14.4 Å². The first-order valence-electron chi connectivity index (χ1n) is 6.93. The molecule has 7 heteroatoms. The third kappa shape index (κ3) is 2.76. The summed E-state index contributed by atoms with van der Waals surface area (Å²) in [4.78, 5) is 27.1. The summed E-state index contributed by atoms with van der Waals surface area (Å²) in [5.74, 6) is 0.0647. The third-order valence-electron chi connectivity index (χ3n) is 3.69. The van der Waals surface area contributed by atoms with Crippen molar-refractivity contribution in [2.24, 2.45) is 7.05 Å². The summed E-state index contributed by atoms with van der Waals surface area (Å²) in [6.07, 6.45) is 6.61. The van der Waals surface area contributed by atoms with Gasteiger partial charge in [-0.05, 0) is 24.8 Å². The fourth-order valence-corrected chi connectivity index (χ4v) is 2.43. The predicted molar refractivity (Wildman–Crippen MR) is 71.8 cm³/mol. The van der Waals surface area contributed by atoms with Gasteiger partial charge in [-0.2, -0.15) is 5.10 Å². The molecule has 0 bridgehead atoms. The summed E-state index contributed by atoms with van der Waals surface area (Å²) in [6, 6.07) is 0.209. The lowest BCUT2D eigenvalue weighted by molar-refractivity contribution is -0.127. The maximum Gasteiger partial charge on any atom is 0.319 e. The second-order valence-electron chi connectivity index (χ2n) is 5.44. The highest BCUT2D eigenvalue weighted by Gasteiger charge is 2.39. The van der Waals surface area contributed by atoms with Crippen LogP contribution in [0.5, 0.6) is 0 Å². The first kappa shape index (κ1) is 13.0. The Hall–Kier alpha value is -2.05. The number of carbonyl (C=O) groups is 2. The zero-order valence-electron chi connectivity index (χ0n) is 11.6. The first-order chi connectivity index (χ1) is 9.63. The van der Waals surface area contributed by atoms with Crippen LogP contribution in [0, 0.1) is 0 Å². The van der Waals surface area contributed by atoms with Crippen molar-refractivity contribution in [3.05, 3.63) is 18.0 Å². The minimum atomic E-state index is -0.162. The standard InChI is InChI=1S/C13H19N5O2/c1-16-7-10(6-15-16)4-5-14-13(20)17-8-12(19)18(9-17)11-2-3-11/h6-7,11H,2-5,8-9H2,1H3,(H,14,20). The van der Waals surface area contributed by atoms with Gasteiger partial charge in [-0.25, -0.2) is 4.79 Å². The topological polar surface area (TPSA) is 70.5 Å². The van der Waals surface area contributed by atoms with Crippen molar-refractivity contribution in [3.8, 4) is 0 Å². The van der Waals surface area contributed by atoms with E-state index in [1.54, 1.807) is 20.7 Å². The molecule has 1 aliphatic heterocycles. The van der Waals surface area contributed by atoms with Crippen molar-refractivity contribution >= 4 is 11.9 Å². The zero-order chi connectivity index (χ0) is 14.1. The van der Waals surface area contributed by atoms with Crippen LogP contribution in [-0.4, -0.2) is 57.3 Å². The van der Waals surface area contributed by atoms with Crippen molar-refractivity contribution in [2.45, 2.75) is 25.3 Å². The van der Waals surface area contributed by atoms with Crippen molar-refractivity contribution < 1.29 is 9.59 Å². The number of carbonyl (C=O) groups excluding carboxylic acids is 2. The van der Waals surface area contributed by atoms with E-state index in [2.05, 4.69) is 10.4 Å². The molecule has 1 aromatic rings. The molecule has 0 aromatic carbocycles. The number of hydrogen-bond donors (Lipinski definition) is 1. The third-order valence-corrected chi connectivity index (χ3v) is 3.69. The van der Waals surface area contributed by atoms with E-state index < -0.39 is 0 Å². The second kappa shape index (κ2) is 5.15. The molecule has 0 atom stereocenters. The van der Waals surface area contributed by atoms with Gasteiger partial charge in [0, 0.05) is 25.8 Å². The highest BCUT2D eigenvalue weighted by Crippen LogP contribution is 2.29. The van der Waals surface area contributed by atoms with Gasteiger partial charge in [-0.15, -0.1) is 0 Å².